The van der Waals surface area contributed by atoms with Crippen molar-refractivity contribution in [3.8, 4) is 0 Å². The highest BCUT2D eigenvalue weighted by atomic mass is 19.1. The van der Waals surface area contributed by atoms with Gasteiger partial charge >= 0.3 is 5.88 Å². The molecule has 0 aliphatic carbocycles. The fourth-order valence-electron chi connectivity index (χ4n) is 3.03. The molecule has 1 aromatic heterocycles. The third kappa shape index (κ3) is 3.45. The van der Waals surface area contributed by atoms with E-state index in [2.05, 4.69) is 0 Å². The number of furan rings is 1. The van der Waals surface area contributed by atoms with Crippen LogP contribution in [0.2, 0.25) is 0 Å². The summed E-state index contributed by atoms with van der Waals surface area (Å²) in [6.45, 7) is 1.06. The number of nitro groups is 1. The Balaban J connectivity index is 1.77. The number of rotatable bonds is 3. The monoisotopic (exact) mass is 332 g/mol. The number of halogens is 1. The summed E-state index contributed by atoms with van der Waals surface area (Å²) in [5.74, 6) is -0.993. The smallest absolute Gasteiger partial charge is 0.395 e. The molecule has 3 rings (SSSR count). The zero-order valence-corrected chi connectivity index (χ0v) is 13.0. The van der Waals surface area contributed by atoms with E-state index in [1.54, 1.807) is 17.0 Å². The summed E-state index contributed by atoms with van der Waals surface area (Å²) in [6, 6.07) is 8.84. The molecule has 7 heteroatoms. The molecule has 1 amide bonds. The Bertz CT molecular complexity index is 741. The van der Waals surface area contributed by atoms with Gasteiger partial charge in [0.25, 0.3) is 5.91 Å². The minimum Gasteiger partial charge on any atom is -0.395 e. The first-order valence-electron chi connectivity index (χ1n) is 7.83. The Morgan fingerprint density at radius 1 is 1.21 bits per heavy atom. The molecule has 126 valence electrons. The summed E-state index contributed by atoms with van der Waals surface area (Å²) in [6.07, 6.45) is 2.73. The number of benzene rings is 1. The van der Waals surface area contributed by atoms with E-state index in [9.17, 15) is 19.3 Å². The number of likely N-dealkylation sites (tertiary alicyclic amines) is 1. The fraction of sp³-hybridized carbons (Fsp3) is 0.353. The van der Waals surface area contributed by atoms with Crippen LogP contribution in [0.1, 0.15) is 41.3 Å². The molecule has 2 aromatic rings. The maximum absolute atomic E-state index is 13.1. The molecule has 1 saturated heterocycles. The van der Waals surface area contributed by atoms with Crippen molar-refractivity contribution in [2.75, 3.05) is 13.1 Å². The SMILES string of the molecule is O=C(c1ccc([N+](=O)[O-])o1)N1CCCCC(c2ccc(F)cc2)C1. The van der Waals surface area contributed by atoms with Gasteiger partial charge in [-0.05, 0) is 36.6 Å². The number of hydrogen-bond donors (Lipinski definition) is 0. The van der Waals surface area contributed by atoms with Crippen molar-refractivity contribution >= 4 is 11.8 Å². The predicted molar refractivity (Wildman–Crippen MR) is 84.3 cm³/mol. The average Bonchev–Trinajstić information content (AvgIpc) is 2.94. The van der Waals surface area contributed by atoms with Gasteiger partial charge in [0.1, 0.15) is 10.7 Å². The second-order valence-corrected chi connectivity index (χ2v) is 5.89. The Kier molecular flexibility index (Phi) is 4.59. The molecule has 1 aromatic carbocycles. The highest BCUT2D eigenvalue weighted by molar-refractivity contribution is 5.91. The molecule has 1 unspecified atom stereocenters. The van der Waals surface area contributed by atoms with Crippen LogP contribution in [0.3, 0.4) is 0 Å². The normalized spacial score (nSPS) is 18.2. The van der Waals surface area contributed by atoms with Crippen LogP contribution in [0.4, 0.5) is 10.3 Å². The Morgan fingerprint density at radius 3 is 2.62 bits per heavy atom. The molecular weight excluding hydrogens is 315 g/mol. The molecule has 1 aliphatic heterocycles. The minimum atomic E-state index is -0.666. The van der Waals surface area contributed by atoms with Crippen molar-refractivity contribution in [2.24, 2.45) is 0 Å². The third-order valence-corrected chi connectivity index (χ3v) is 4.28. The minimum absolute atomic E-state index is 0.0264. The lowest BCUT2D eigenvalue weighted by atomic mass is 9.94. The molecule has 1 aliphatic rings. The zero-order valence-electron chi connectivity index (χ0n) is 13.0. The van der Waals surface area contributed by atoms with Gasteiger partial charge in [0, 0.05) is 19.0 Å². The lowest BCUT2D eigenvalue weighted by molar-refractivity contribution is -0.402. The molecule has 2 heterocycles. The van der Waals surface area contributed by atoms with Gasteiger partial charge in [-0.1, -0.05) is 18.6 Å². The number of nitrogens with zero attached hydrogens (tertiary/aromatic N) is 2. The third-order valence-electron chi connectivity index (χ3n) is 4.28. The van der Waals surface area contributed by atoms with E-state index in [1.807, 2.05) is 0 Å². The van der Waals surface area contributed by atoms with Crippen LogP contribution in [0.15, 0.2) is 40.8 Å². The maximum Gasteiger partial charge on any atom is 0.433 e. The standard InChI is InChI=1S/C17H17FN2O4/c18-14-6-4-12(5-7-14)13-3-1-2-10-19(11-13)17(21)15-8-9-16(24-15)20(22)23/h4-9,13H,1-3,10-11H2. The highest BCUT2D eigenvalue weighted by Crippen LogP contribution is 2.28. The van der Waals surface area contributed by atoms with Crippen LogP contribution in [-0.2, 0) is 0 Å². The van der Waals surface area contributed by atoms with Crippen molar-refractivity contribution in [1.29, 1.82) is 0 Å². The van der Waals surface area contributed by atoms with E-state index in [1.165, 1.54) is 24.3 Å². The fourth-order valence-corrected chi connectivity index (χ4v) is 3.03. The second kappa shape index (κ2) is 6.82. The topological polar surface area (TPSA) is 76.6 Å². The molecule has 0 radical (unpaired) electrons. The molecule has 1 fully saturated rings. The van der Waals surface area contributed by atoms with Crippen molar-refractivity contribution in [3.05, 3.63) is 63.7 Å². The van der Waals surface area contributed by atoms with E-state index in [0.29, 0.717) is 13.1 Å². The summed E-state index contributed by atoms with van der Waals surface area (Å²) in [5.41, 5.74) is 0.988. The van der Waals surface area contributed by atoms with Gasteiger partial charge in [-0.25, -0.2) is 4.39 Å². The van der Waals surface area contributed by atoms with Crippen LogP contribution in [0.25, 0.3) is 0 Å². The van der Waals surface area contributed by atoms with Crippen molar-refractivity contribution < 1.29 is 18.5 Å². The lowest BCUT2D eigenvalue weighted by Gasteiger charge is -2.24. The van der Waals surface area contributed by atoms with E-state index in [-0.39, 0.29) is 23.4 Å². The first-order chi connectivity index (χ1) is 11.5. The summed E-state index contributed by atoms with van der Waals surface area (Å²) >= 11 is 0. The molecule has 0 N–H and O–H groups in total. The van der Waals surface area contributed by atoms with Crippen LogP contribution in [0.5, 0.6) is 0 Å². The molecule has 1 atom stereocenters. The number of carbonyl (C=O) groups excluding carboxylic acids is 1. The van der Waals surface area contributed by atoms with Gasteiger partial charge in [-0.2, -0.15) is 0 Å². The van der Waals surface area contributed by atoms with E-state index < -0.39 is 10.8 Å². The molecule has 0 bridgehead atoms. The number of amides is 1. The van der Waals surface area contributed by atoms with Gasteiger partial charge < -0.3 is 9.32 Å². The zero-order chi connectivity index (χ0) is 17.1. The summed E-state index contributed by atoms with van der Waals surface area (Å²) in [5, 5.41) is 10.7. The number of hydrogen-bond acceptors (Lipinski definition) is 4. The average molecular weight is 332 g/mol. The predicted octanol–water partition coefficient (Wildman–Crippen LogP) is 3.74. The molecule has 6 nitrogen and oxygen atoms in total. The van der Waals surface area contributed by atoms with Gasteiger partial charge in [-0.3, -0.25) is 14.9 Å². The van der Waals surface area contributed by atoms with Gasteiger partial charge in [0.2, 0.25) is 0 Å². The maximum atomic E-state index is 13.1. The quantitative estimate of drug-likeness (QED) is 0.634. The van der Waals surface area contributed by atoms with Crippen molar-refractivity contribution in [3.63, 3.8) is 0 Å². The van der Waals surface area contributed by atoms with Gasteiger partial charge in [0.15, 0.2) is 5.76 Å². The van der Waals surface area contributed by atoms with Gasteiger partial charge in [-0.15, -0.1) is 0 Å². The molecular formula is C17H17FN2O4. The van der Waals surface area contributed by atoms with Crippen molar-refractivity contribution in [1.82, 2.24) is 4.90 Å². The van der Waals surface area contributed by atoms with E-state index in [4.69, 9.17) is 4.42 Å². The molecule has 0 saturated carbocycles. The molecule has 0 spiro atoms. The van der Waals surface area contributed by atoms with Crippen LogP contribution in [0, 0.1) is 15.9 Å². The first kappa shape index (κ1) is 16.2. The Hall–Kier alpha value is -2.70. The lowest BCUT2D eigenvalue weighted by Crippen LogP contribution is -2.33. The Labute approximate surface area is 138 Å². The summed E-state index contributed by atoms with van der Waals surface area (Å²) in [4.78, 5) is 24.2. The Morgan fingerprint density at radius 2 is 1.96 bits per heavy atom. The van der Waals surface area contributed by atoms with Crippen LogP contribution < -0.4 is 0 Å². The molecule has 24 heavy (non-hydrogen) atoms. The van der Waals surface area contributed by atoms with Gasteiger partial charge in [0.05, 0.1) is 6.07 Å². The highest BCUT2D eigenvalue weighted by Gasteiger charge is 2.27. The van der Waals surface area contributed by atoms with Crippen LogP contribution >= 0.6 is 0 Å². The summed E-state index contributed by atoms with van der Waals surface area (Å²) < 4.78 is 18.1. The summed E-state index contributed by atoms with van der Waals surface area (Å²) in [7, 11) is 0. The number of carbonyl (C=O) groups is 1. The van der Waals surface area contributed by atoms with E-state index in [0.717, 1.165) is 24.8 Å². The van der Waals surface area contributed by atoms with Crippen LogP contribution in [-0.4, -0.2) is 28.8 Å². The second-order valence-electron chi connectivity index (χ2n) is 5.89. The largest absolute Gasteiger partial charge is 0.433 e. The first-order valence-corrected chi connectivity index (χ1v) is 7.83. The van der Waals surface area contributed by atoms with E-state index >= 15 is 0 Å². The van der Waals surface area contributed by atoms with Crippen molar-refractivity contribution in [2.45, 2.75) is 25.2 Å².